The van der Waals surface area contributed by atoms with E-state index in [4.69, 9.17) is 9.47 Å². The molecule has 2 fully saturated rings. The number of hydrogen-bond acceptors (Lipinski definition) is 5. The Hall–Kier alpha value is -1.83. The Morgan fingerprint density at radius 1 is 1.22 bits per heavy atom. The first-order chi connectivity index (χ1) is 12.6. The summed E-state index contributed by atoms with van der Waals surface area (Å²) in [7, 11) is 1.62. The monoisotopic (exact) mass is 397 g/mol. The van der Waals surface area contributed by atoms with Crippen LogP contribution in [-0.2, 0) is 20.7 Å². The van der Waals surface area contributed by atoms with Crippen LogP contribution < -0.4 is 10.1 Å². The van der Waals surface area contributed by atoms with Crippen LogP contribution in [0.2, 0.25) is 0 Å². The summed E-state index contributed by atoms with van der Waals surface area (Å²) in [5, 5.41) is 3.23. The van der Waals surface area contributed by atoms with Crippen molar-refractivity contribution in [1.29, 1.82) is 0 Å². The number of halogens is 1. The van der Waals surface area contributed by atoms with Gasteiger partial charge in [0.25, 0.3) is 0 Å². The van der Waals surface area contributed by atoms with Crippen LogP contribution in [0.4, 0.5) is 0 Å². The number of nitrogens with one attached hydrogen (secondary N) is 1. The number of methoxy groups -OCH3 is 1. The highest BCUT2D eigenvalue weighted by atomic mass is 35.5. The molecule has 1 aromatic rings. The topological polar surface area (TPSA) is 71.1 Å². The van der Waals surface area contributed by atoms with Gasteiger partial charge in [-0.25, -0.2) is 0 Å². The maximum atomic E-state index is 12.7. The summed E-state index contributed by atoms with van der Waals surface area (Å²) in [5.41, 5.74) is 0.935. The fourth-order valence-corrected chi connectivity index (χ4v) is 3.45. The summed E-state index contributed by atoms with van der Waals surface area (Å²) in [6, 6.07) is 7.27. The molecule has 1 N–H and O–H groups in total. The molecule has 2 aliphatic rings. The van der Waals surface area contributed by atoms with E-state index in [2.05, 4.69) is 5.32 Å². The summed E-state index contributed by atoms with van der Waals surface area (Å²) < 4.78 is 10.8. The number of piperazine rings is 1. The lowest BCUT2D eigenvalue weighted by Crippen LogP contribution is -2.60. The van der Waals surface area contributed by atoms with Crippen LogP contribution in [0.3, 0.4) is 0 Å². The molecule has 27 heavy (non-hydrogen) atoms. The molecule has 7 nitrogen and oxygen atoms in total. The third-order valence-electron chi connectivity index (χ3n) is 5.02. The van der Waals surface area contributed by atoms with Gasteiger partial charge in [-0.1, -0.05) is 12.1 Å². The predicted molar refractivity (Wildman–Crippen MR) is 104 cm³/mol. The van der Waals surface area contributed by atoms with Gasteiger partial charge < -0.3 is 24.6 Å². The minimum absolute atomic E-state index is 0. The predicted octanol–water partition coefficient (Wildman–Crippen LogP) is 0.707. The molecule has 0 aliphatic carbocycles. The quantitative estimate of drug-likeness (QED) is 0.810. The molecule has 0 bridgehead atoms. The highest BCUT2D eigenvalue weighted by molar-refractivity contribution is 5.85. The van der Waals surface area contributed by atoms with E-state index >= 15 is 0 Å². The van der Waals surface area contributed by atoms with Crippen molar-refractivity contribution in [3.8, 4) is 5.75 Å². The molecule has 150 valence electrons. The molecular formula is C19H28ClN3O4. The Kier molecular flexibility index (Phi) is 7.89. The maximum Gasteiger partial charge on any atom is 0.242 e. The SMILES string of the molecule is COc1cccc(CC(=O)N2CCN(C(=O)[C@H]3NCCO[C@@H]3C)CC2)c1.Cl. The minimum Gasteiger partial charge on any atom is -0.497 e. The lowest BCUT2D eigenvalue weighted by Gasteiger charge is -2.38. The van der Waals surface area contributed by atoms with E-state index in [-0.39, 0.29) is 36.4 Å². The van der Waals surface area contributed by atoms with Crippen molar-refractivity contribution < 1.29 is 19.1 Å². The lowest BCUT2D eigenvalue weighted by molar-refractivity contribution is -0.144. The zero-order valence-electron chi connectivity index (χ0n) is 15.8. The molecule has 8 heteroatoms. The molecule has 2 aliphatic heterocycles. The first-order valence-corrected chi connectivity index (χ1v) is 9.13. The van der Waals surface area contributed by atoms with Gasteiger partial charge in [-0.15, -0.1) is 12.4 Å². The molecule has 0 aromatic heterocycles. The smallest absolute Gasteiger partial charge is 0.242 e. The average Bonchev–Trinajstić information content (AvgIpc) is 2.68. The number of amides is 2. The van der Waals surface area contributed by atoms with E-state index < -0.39 is 0 Å². The normalized spacial score (nSPS) is 22.7. The third-order valence-corrected chi connectivity index (χ3v) is 5.02. The molecule has 0 saturated carbocycles. The zero-order valence-corrected chi connectivity index (χ0v) is 16.7. The highest BCUT2D eigenvalue weighted by Crippen LogP contribution is 2.15. The summed E-state index contributed by atoms with van der Waals surface area (Å²) in [6.07, 6.45) is 0.226. The van der Waals surface area contributed by atoms with Crippen LogP contribution in [0, 0.1) is 0 Å². The molecule has 2 heterocycles. The van der Waals surface area contributed by atoms with Gasteiger partial charge in [0, 0.05) is 32.7 Å². The lowest BCUT2D eigenvalue weighted by atomic mass is 10.1. The molecule has 0 unspecified atom stereocenters. The van der Waals surface area contributed by atoms with Crippen molar-refractivity contribution in [2.45, 2.75) is 25.5 Å². The van der Waals surface area contributed by atoms with Crippen LogP contribution in [0.5, 0.6) is 5.75 Å². The van der Waals surface area contributed by atoms with Gasteiger partial charge in [0.2, 0.25) is 11.8 Å². The second kappa shape index (κ2) is 9.92. The molecule has 2 saturated heterocycles. The van der Waals surface area contributed by atoms with Gasteiger partial charge >= 0.3 is 0 Å². The number of carbonyl (C=O) groups is 2. The fraction of sp³-hybridized carbons (Fsp3) is 0.579. The summed E-state index contributed by atoms with van der Waals surface area (Å²) >= 11 is 0. The van der Waals surface area contributed by atoms with Crippen molar-refractivity contribution in [1.82, 2.24) is 15.1 Å². The van der Waals surface area contributed by atoms with Gasteiger partial charge in [-0.05, 0) is 24.6 Å². The van der Waals surface area contributed by atoms with E-state index in [1.165, 1.54) is 0 Å². The fourth-order valence-electron chi connectivity index (χ4n) is 3.45. The molecule has 3 rings (SSSR count). The Morgan fingerprint density at radius 3 is 2.59 bits per heavy atom. The minimum atomic E-state index is -0.289. The van der Waals surface area contributed by atoms with Gasteiger partial charge in [0.05, 0.1) is 26.2 Å². The Balaban J connectivity index is 0.00000261. The summed E-state index contributed by atoms with van der Waals surface area (Å²) in [4.78, 5) is 28.9. The third kappa shape index (κ3) is 5.34. The second-order valence-electron chi connectivity index (χ2n) is 6.74. The van der Waals surface area contributed by atoms with Crippen molar-refractivity contribution in [2.75, 3.05) is 46.4 Å². The van der Waals surface area contributed by atoms with Crippen LogP contribution in [0.15, 0.2) is 24.3 Å². The van der Waals surface area contributed by atoms with Crippen molar-refractivity contribution >= 4 is 24.2 Å². The number of hydrogen-bond donors (Lipinski definition) is 1. The number of rotatable bonds is 4. The molecule has 0 spiro atoms. The van der Waals surface area contributed by atoms with E-state index in [1.54, 1.807) is 7.11 Å². The van der Waals surface area contributed by atoms with Gasteiger partial charge in [-0.3, -0.25) is 9.59 Å². The standard InChI is InChI=1S/C19H27N3O4.ClH/c1-14-18(20-6-11-26-14)19(24)22-9-7-21(8-10-22)17(23)13-15-4-3-5-16(12-15)25-2;/h3-5,12,14,18,20H,6-11,13H2,1-2H3;1H/t14-,18+;/m1./s1. The van der Waals surface area contributed by atoms with Crippen LogP contribution in [0.1, 0.15) is 12.5 Å². The maximum absolute atomic E-state index is 12.7. The molecule has 0 radical (unpaired) electrons. The number of morpholine rings is 1. The van der Waals surface area contributed by atoms with Gasteiger partial charge in [-0.2, -0.15) is 0 Å². The number of carbonyl (C=O) groups excluding carboxylic acids is 2. The van der Waals surface area contributed by atoms with Gasteiger partial charge in [0.15, 0.2) is 0 Å². The van der Waals surface area contributed by atoms with Crippen molar-refractivity contribution in [3.05, 3.63) is 29.8 Å². The Bertz CT molecular complexity index is 650. The number of nitrogens with zero attached hydrogens (tertiary/aromatic N) is 2. The van der Waals surface area contributed by atoms with Crippen molar-refractivity contribution in [3.63, 3.8) is 0 Å². The summed E-state index contributed by atoms with van der Waals surface area (Å²) in [5.74, 6) is 0.900. The molecule has 1 aromatic carbocycles. The first kappa shape index (κ1) is 21.5. The van der Waals surface area contributed by atoms with E-state index in [0.29, 0.717) is 45.8 Å². The average molecular weight is 398 g/mol. The molecule has 2 atom stereocenters. The van der Waals surface area contributed by atoms with Crippen LogP contribution in [-0.4, -0.2) is 80.2 Å². The van der Waals surface area contributed by atoms with E-state index in [9.17, 15) is 9.59 Å². The van der Waals surface area contributed by atoms with Gasteiger partial charge in [0.1, 0.15) is 11.8 Å². The summed E-state index contributed by atoms with van der Waals surface area (Å²) in [6.45, 7) is 5.51. The zero-order chi connectivity index (χ0) is 18.5. The Morgan fingerprint density at radius 2 is 1.93 bits per heavy atom. The molecule has 2 amide bonds. The van der Waals surface area contributed by atoms with Crippen molar-refractivity contribution in [2.24, 2.45) is 0 Å². The van der Waals surface area contributed by atoms with E-state index in [0.717, 1.165) is 11.3 Å². The highest BCUT2D eigenvalue weighted by Gasteiger charge is 2.33. The second-order valence-corrected chi connectivity index (χ2v) is 6.74. The molecular weight excluding hydrogens is 370 g/mol. The Labute approximate surface area is 166 Å². The van der Waals surface area contributed by atoms with E-state index in [1.807, 2.05) is 41.0 Å². The number of ether oxygens (including phenoxy) is 2. The van der Waals surface area contributed by atoms with Crippen LogP contribution >= 0.6 is 12.4 Å². The first-order valence-electron chi connectivity index (χ1n) is 9.13. The van der Waals surface area contributed by atoms with Crippen LogP contribution in [0.25, 0.3) is 0 Å². The number of benzene rings is 1. The largest absolute Gasteiger partial charge is 0.497 e.